The van der Waals surface area contributed by atoms with Crippen molar-refractivity contribution < 1.29 is 27.6 Å². The maximum absolute atomic E-state index is 12.7. The number of nitrogens with two attached hydrogens (primary N) is 9. The van der Waals surface area contributed by atoms with E-state index in [1.807, 2.05) is 41.5 Å². The minimum Gasteiger partial charge on any atom is -0.381 e. The number of carbonyl (C=O) groups is 4. The van der Waals surface area contributed by atoms with Gasteiger partial charge in [0.2, 0.25) is 23.6 Å². The minimum atomic E-state index is -1.07. The summed E-state index contributed by atoms with van der Waals surface area (Å²) < 4.78 is 31.9. The highest BCUT2D eigenvalue weighted by Crippen LogP contribution is 2.50. The van der Waals surface area contributed by atoms with E-state index in [0.717, 1.165) is 102 Å². The first kappa shape index (κ1) is 100. The Morgan fingerprint density at radius 1 is 0.479 bits per heavy atom. The number of halogens is 8. The molecular formula is C79H102BrCl7N22O6S6. The monoisotopic (exact) mass is 1970 g/mol. The van der Waals surface area contributed by atoms with E-state index in [0.29, 0.717) is 100 Å². The second-order valence-corrected chi connectivity index (χ2v) is 42.1. The van der Waals surface area contributed by atoms with Crippen LogP contribution in [0.25, 0.3) is 0 Å². The van der Waals surface area contributed by atoms with Crippen LogP contribution in [0.5, 0.6) is 0 Å². The van der Waals surface area contributed by atoms with Crippen molar-refractivity contribution in [3.8, 4) is 0 Å². The van der Waals surface area contributed by atoms with Crippen LogP contribution in [-0.4, -0.2) is 139 Å². The van der Waals surface area contributed by atoms with Crippen LogP contribution in [0.15, 0.2) is 137 Å². The van der Waals surface area contributed by atoms with Crippen molar-refractivity contribution in [3.63, 3.8) is 0 Å². The van der Waals surface area contributed by atoms with Gasteiger partial charge in [-0.25, -0.2) is 57.7 Å². The minimum absolute atomic E-state index is 0. The van der Waals surface area contributed by atoms with Crippen LogP contribution in [0.2, 0.25) is 30.4 Å². The normalized spacial score (nSPS) is 18.6. The number of aromatic nitrogens is 8. The molecule has 21 N–H and O–H groups in total. The molecule has 0 bridgehead atoms. The lowest BCUT2D eigenvalue weighted by Crippen LogP contribution is -2.51. The third kappa shape index (κ3) is 26.8. The van der Waals surface area contributed by atoms with E-state index >= 15 is 0 Å². The number of carbonyl (C=O) groups excluding carboxylic acids is 4. The molecule has 7 heterocycles. The topological polar surface area (TPSA) is 482 Å². The van der Waals surface area contributed by atoms with Crippen LogP contribution >= 0.6 is 146 Å². The van der Waals surface area contributed by atoms with Crippen molar-refractivity contribution in [2.45, 2.75) is 200 Å². The maximum Gasteiger partial charge on any atom is 0.250 e. The quantitative estimate of drug-likeness (QED) is 0.0400. The summed E-state index contributed by atoms with van der Waals surface area (Å²) in [7, 11) is -1.99. The summed E-state index contributed by atoms with van der Waals surface area (Å²) in [6.07, 6.45) is 23.8. The highest BCUT2D eigenvalue weighted by Gasteiger charge is 2.48. The lowest BCUT2D eigenvalue weighted by atomic mass is 9.74. The Balaban J connectivity index is 0.000000190. The molecule has 28 nitrogen and oxygen atoms in total. The number of primary amides is 4. The van der Waals surface area contributed by atoms with E-state index in [4.69, 9.17) is 121 Å². The van der Waals surface area contributed by atoms with Crippen LogP contribution in [0.3, 0.4) is 0 Å². The van der Waals surface area contributed by atoms with Gasteiger partial charge in [0, 0.05) is 63.9 Å². The predicted molar refractivity (Wildman–Crippen MR) is 502 cm³/mol. The highest BCUT2D eigenvalue weighted by molar-refractivity contribution is 9.10. The van der Waals surface area contributed by atoms with Crippen molar-refractivity contribution in [3.05, 3.63) is 155 Å². The molecule has 1 unspecified atom stereocenters. The number of hydrogen-bond donors (Lipinski definition) is 13. The van der Waals surface area contributed by atoms with Crippen molar-refractivity contribution in [2.24, 2.45) is 44.9 Å². The first-order valence-electron chi connectivity index (χ1n) is 38.5. The smallest absolute Gasteiger partial charge is 0.250 e. The van der Waals surface area contributed by atoms with Gasteiger partial charge in [-0.05, 0) is 212 Å². The Hall–Kier alpha value is -6.07. The zero-order chi connectivity index (χ0) is 87.8. The van der Waals surface area contributed by atoms with Gasteiger partial charge < -0.3 is 66.7 Å². The van der Waals surface area contributed by atoms with Gasteiger partial charge in [0.1, 0.15) is 41.6 Å². The Labute approximate surface area is 773 Å². The van der Waals surface area contributed by atoms with E-state index < -0.39 is 45.6 Å². The molecule has 42 heteroatoms. The zero-order valence-corrected chi connectivity index (χ0v) is 79.4. The maximum atomic E-state index is 12.7. The molecule has 5 atom stereocenters. The van der Waals surface area contributed by atoms with Gasteiger partial charge in [-0.1, -0.05) is 148 Å². The molecule has 3 saturated heterocycles. The van der Waals surface area contributed by atoms with Crippen LogP contribution < -0.4 is 76.2 Å². The largest absolute Gasteiger partial charge is 0.381 e. The number of amides is 4. The fourth-order valence-corrected chi connectivity index (χ4v) is 21.2. The number of piperidine rings is 3. The second-order valence-electron chi connectivity index (χ2n) is 31.5. The Morgan fingerprint density at radius 3 is 1.15 bits per heavy atom. The zero-order valence-electron chi connectivity index (χ0n) is 67.5. The molecule has 4 aromatic heterocycles. The molecule has 121 heavy (non-hydrogen) atoms. The van der Waals surface area contributed by atoms with E-state index in [2.05, 4.69) is 93.0 Å². The first-order chi connectivity index (χ1) is 56.6. The van der Waals surface area contributed by atoms with Gasteiger partial charge in [-0.2, -0.15) is 0 Å². The molecule has 4 aromatic carbocycles. The molecular weight excluding hydrogens is 1870 g/mol. The fraction of sp³-hybridized carbons (Fsp3) is 0.443. The van der Waals surface area contributed by atoms with Gasteiger partial charge in [0.05, 0.1) is 98.6 Å². The number of nitrogens with zero attached hydrogens (tertiary/aromatic N) is 10. The Kier molecular flexibility index (Phi) is 37.2. The van der Waals surface area contributed by atoms with Gasteiger partial charge in [-0.15, -0.1) is 25.0 Å². The summed E-state index contributed by atoms with van der Waals surface area (Å²) >= 11 is 46.4. The molecule has 8 aromatic rings. The molecule has 4 amide bonds. The molecule has 3 saturated carbocycles. The van der Waals surface area contributed by atoms with Crippen LogP contribution in [0, 0.1) is 16.2 Å². The molecule has 3 spiro atoms. The summed E-state index contributed by atoms with van der Waals surface area (Å²) in [5.41, 5.74) is 52.8. The summed E-state index contributed by atoms with van der Waals surface area (Å²) in [5.74, 6) is 0.398. The average Bonchev–Trinajstić information content (AvgIpc) is 1.68. The highest BCUT2D eigenvalue weighted by atomic mass is 79.9. The number of rotatable bonds is 16. The van der Waals surface area contributed by atoms with Crippen LogP contribution in [-0.2, 0) is 22.0 Å². The summed E-state index contributed by atoms with van der Waals surface area (Å²) in [5, 5.41) is 6.61. The van der Waals surface area contributed by atoms with Crippen LogP contribution in [0.4, 0.5) is 34.9 Å². The lowest BCUT2D eigenvalue weighted by molar-refractivity contribution is 0.0991. The predicted octanol–water partition coefficient (Wildman–Crippen LogP) is 15.4. The number of benzene rings is 4. The standard InChI is InChI=1S/C24H33ClN6O2S2.C20H25ClN6OS.C13H26N2OS.C11H8Cl2N4OS.C7H6ClNOS.C4H3BrClN3.ClH/c1-23(2,3)35(33)30-17-8-5-9-24(17)10-12-31(13-11-24)18-14-28-22(20(26)29-18)34-16-7-4-6-15(19(16)25)21(27)32;21-16-12(18(24)28)3-1-4-13(16)29-19-17(23)26-15(11-25-19)27-9-7-20(8-10-27)6-2-5-14(20)22;1-12(2,3)17(16)15-11-5-4-6-13(11)7-9-14-10-8-13;12-7-4-16-11(9(14)17-7)19-6-3-1-2-5(8(6)13)10(15)18;8-6-4(7(9)10)2-1-3-5(6)11;5-3-4(7)9-2(6)1-8-3;/h4,6-7,14,17,30H,5,8-13H2,1-3H3,(H2,26,29)(H2,27,32);1,3-4,11,14H,2,5-10,22H2,(H2,23,26)(H2,24,28);11,14-15H,4-10H2,1-3H3;1-4H,(H2,14,17)(H2,15,18);1-3,11H,(H2,9,10);1H,(H2,7,9);1H/t17-,35?;14-;11-,17-;;;;/m111..../s1. The lowest BCUT2D eigenvalue weighted by Gasteiger charge is -2.44. The van der Waals surface area contributed by atoms with Gasteiger partial charge >= 0.3 is 0 Å². The van der Waals surface area contributed by atoms with Crippen molar-refractivity contribution >= 4 is 226 Å². The molecule has 656 valence electrons. The summed E-state index contributed by atoms with van der Waals surface area (Å²) in [6.45, 7) is 17.9. The molecule has 6 aliphatic rings. The fourth-order valence-electron chi connectivity index (χ4n) is 14.9. The SMILES string of the molecule is CC(C)(C)S(=O)N[C@@H]1CCCC12CCN(c1cnc(Sc3cccc(C(N)=O)c3Cl)c(N)n1)CC2.CC(C)(C)[S@@](=O)N[C@@H]1CCCC12CCNCC2.Cl.NC(=O)c1cccc(S)c1Cl.NC(=O)c1cccc(Sc2ncc(Cl)nc2N)c1Cl.NC(=O)c1cccc(Sc2ncc(N3CCC4(CCC[C@H]4N)CC3)nc2N)c1Cl.Nc1nc(Cl)cnc1Br. The van der Waals surface area contributed by atoms with E-state index in [9.17, 15) is 27.6 Å². The van der Waals surface area contributed by atoms with E-state index in [-0.39, 0.29) is 71.1 Å². The molecule has 3 aliphatic heterocycles. The number of hydrogen-bond acceptors (Lipinski definition) is 26. The molecule has 14 rings (SSSR count). The third-order valence-electron chi connectivity index (χ3n) is 21.7. The number of anilines is 6. The summed E-state index contributed by atoms with van der Waals surface area (Å²) in [4.78, 5) is 85.5. The van der Waals surface area contributed by atoms with Crippen molar-refractivity contribution in [1.29, 1.82) is 0 Å². The van der Waals surface area contributed by atoms with E-state index in [1.54, 1.807) is 85.2 Å². The second kappa shape index (κ2) is 44.9. The molecule has 0 radical (unpaired) electrons. The summed E-state index contributed by atoms with van der Waals surface area (Å²) in [6, 6.07) is 21.1. The van der Waals surface area contributed by atoms with Crippen LogP contribution in [0.1, 0.15) is 179 Å². The Morgan fingerprint density at radius 2 is 0.810 bits per heavy atom. The Bertz CT molecular complexity index is 5030. The van der Waals surface area contributed by atoms with E-state index in [1.165, 1.54) is 92.6 Å². The molecule has 6 fully saturated rings. The average molecular weight is 1980 g/mol. The van der Waals surface area contributed by atoms with Crippen molar-refractivity contribution in [2.75, 3.05) is 72.0 Å². The van der Waals surface area contributed by atoms with Gasteiger partial charge in [0.15, 0.2) is 23.3 Å². The third-order valence-corrected chi connectivity index (χ3v) is 31.5. The number of nitrogen functional groups attached to an aromatic ring is 4. The first-order valence-corrected chi connectivity index (χ1v) is 46.8. The number of nitrogens with one attached hydrogen (secondary N) is 3. The number of thiol groups is 1. The van der Waals surface area contributed by atoms with Gasteiger partial charge in [-0.3, -0.25) is 19.2 Å². The van der Waals surface area contributed by atoms with Crippen molar-refractivity contribution in [1.82, 2.24) is 54.6 Å². The van der Waals surface area contributed by atoms with Gasteiger partial charge in [0.25, 0.3) is 0 Å². The molecule has 3 aliphatic carbocycles.